The average molecular weight is 503 g/mol. The predicted molar refractivity (Wildman–Crippen MR) is 138 cm³/mol. The van der Waals surface area contributed by atoms with Crippen molar-refractivity contribution in [2.75, 3.05) is 16.8 Å². The maximum atomic E-state index is 13.9. The van der Waals surface area contributed by atoms with Crippen molar-refractivity contribution < 1.29 is 18.8 Å². The van der Waals surface area contributed by atoms with Crippen LogP contribution in [0.2, 0.25) is 0 Å². The highest BCUT2D eigenvalue weighted by Crippen LogP contribution is 2.46. The molecule has 0 saturated carbocycles. The van der Waals surface area contributed by atoms with Gasteiger partial charge in [-0.1, -0.05) is 36.4 Å². The summed E-state index contributed by atoms with van der Waals surface area (Å²) in [7, 11) is 0. The molecule has 1 atom stereocenters. The molecule has 3 aromatic rings. The van der Waals surface area contributed by atoms with E-state index in [1.165, 1.54) is 18.2 Å². The zero-order chi connectivity index (χ0) is 25.3. The first-order chi connectivity index (χ1) is 17.3. The van der Waals surface area contributed by atoms with E-state index in [0.717, 1.165) is 30.5 Å². The van der Waals surface area contributed by atoms with Crippen molar-refractivity contribution in [3.05, 3.63) is 107 Å². The lowest BCUT2D eigenvalue weighted by atomic mass is 9.79. The van der Waals surface area contributed by atoms with Gasteiger partial charge in [-0.05, 0) is 90.7 Å². The number of anilines is 2. The Morgan fingerprint density at radius 3 is 2.36 bits per heavy atom. The number of benzene rings is 3. The molecule has 0 unspecified atom stereocenters. The number of hydrogen-bond donors (Lipinski definition) is 1. The second kappa shape index (κ2) is 9.70. The summed E-state index contributed by atoms with van der Waals surface area (Å²) < 4.78 is 13.9. The van der Waals surface area contributed by atoms with Gasteiger partial charge in [0.25, 0.3) is 11.8 Å². The SMILES string of the molecule is O=C(Cl)C1=C[C@@]2(CC1)CCN(C(=O)c1ccc(NC(=O)c3ccccc3F)cc1)c1ccccc1C2. The van der Waals surface area contributed by atoms with E-state index in [-0.39, 0.29) is 16.9 Å². The van der Waals surface area contributed by atoms with Crippen LogP contribution >= 0.6 is 11.6 Å². The molecule has 1 aliphatic heterocycles. The van der Waals surface area contributed by atoms with Gasteiger partial charge < -0.3 is 10.2 Å². The molecule has 36 heavy (non-hydrogen) atoms. The lowest BCUT2D eigenvalue weighted by Crippen LogP contribution is -2.33. The summed E-state index contributed by atoms with van der Waals surface area (Å²) in [5.74, 6) is -1.31. The molecule has 0 radical (unpaired) electrons. The number of halogens is 2. The van der Waals surface area contributed by atoms with E-state index in [1.807, 2.05) is 30.3 Å². The fourth-order valence-corrected chi connectivity index (χ4v) is 5.29. The van der Waals surface area contributed by atoms with Crippen molar-refractivity contribution in [1.29, 1.82) is 0 Å². The Labute approximate surface area is 213 Å². The summed E-state index contributed by atoms with van der Waals surface area (Å²) in [4.78, 5) is 39.5. The number of nitrogens with zero attached hydrogens (tertiary/aromatic N) is 1. The third kappa shape index (κ3) is 4.69. The Bertz CT molecular complexity index is 1390. The van der Waals surface area contributed by atoms with Crippen LogP contribution in [0.5, 0.6) is 0 Å². The number of carbonyl (C=O) groups excluding carboxylic acids is 3. The van der Waals surface area contributed by atoms with E-state index in [1.54, 1.807) is 35.2 Å². The highest BCUT2D eigenvalue weighted by atomic mass is 35.5. The molecule has 0 saturated heterocycles. The molecule has 0 fully saturated rings. The molecule has 1 N–H and O–H groups in total. The normalized spacial score (nSPS) is 18.8. The monoisotopic (exact) mass is 502 g/mol. The van der Waals surface area contributed by atoms with Crippen molar-refractivity contribution in [1.82, 2.24) is 0 Å². The van der Waals surface area contributed by atoms with Crippen LogP contribution in [-0.2, 0) is 11.2 Å². The Hall–Kier alpha value is -3.77. The molecular formula is C29H24ClFN2O3. The van der Waals surface area contributed by atoms with Crippen LogP contribution < -0.4 is 10.2 Å². The lowest BCUT2D eigenvalue weighted by molar-refractivity contribution is -0.108. The smallest absolute Gasteiger partial charge is 0.258 e. The number of carbonyl (C=O) groups is 3. The maximum absolute atomic E-state index is 13.9. The van der Waals surface area contributed by atoms with E-state index in [0.29, 0.717) is 29.8 Å². The minimum absolute atomic E-state index is 0.0484. The van der Waals surface area contributed by atoms with Crippen molar-refractivity contribution in [3.63, 3.8) is 0 Å². The van der Waals surface area contributed by atoms with Gasteiger partial charge in [0.05, 0.1) is 5.56 Å². The van der Waals surface area contributed by atoms with E-state index in [2.05, 4.69) is 5.32 Å². The fraction of sp³-hybridized carbons (Fsp3) is 0.207. The van der Waals surface area contributed by atoms with Crippen LogP contribution in [0.1, 0.15) is 45.5 Å². The first-order valence-electron chi connectivity index (χ1n) is 11.8. The summed E-state index contributed by atoms with van der Waals surface area (Å²) in [5, 5.41) is 2.26. The summed E-state index contributed by atoms with van der Waals surface area (Å²) >= 11 is 5.76. The van der Waals surface area contributed by atoms with Gasteiger partial charge in [0, 0.05) is 29.1 Å². The molecule has 5 rings (SSSR count). The molecule has 0 aromatic heterocycles. The third-order valence-electron chi connectivity index (χ3n) is 7.04. The summed E-state index contributed by atoms with van der Waals surface area (Å²) in [6, 6.07) is 20.2. The van der Waals surface area contributed by atoms with Crippen molar-refractivity contribution in [2.24, 2.45) is 5.41 Å². The zero-order valence-corrected chi connectivity index (χ0v) is 20.2. The summed E-state index contributed by atoms with van der Waals surface area (Å²) in [5.41, 5.74) is 3.25. The summed E-state index contributed by atoms with van der Waals surface area (Å²) in [6.45, 7) is 0.502. The number of amides is 2. The number of allylic oxidation sites excluding steroid dienone is 2. The molecule has 1 aliphatic carbocycles. The molecule has 2 aliphatic rings. The van der Waals surface area contributed by atoms with Gasteiger partial charge >= 0.3 is 0 Å². The highest BCUT2D eigenvalue weighted by Gasteiger charge is 2.39. The molecule has 3 aromatic carbocycles. The van der Waals surface area contributed by atoms with E-state index in [9.17, 15) is 18.8 Å². The van der Waals surface area contributed by atoms with Crippen LogP contribution in [0.25, 0.3) is 0 Å². The van der Waals surface area contributed by atoms with Crippen LogP contribution in [-0.4, -0.2) is 23.6 Å². The second-order valence-corrected chi connectivity index (χ2v) is 9.67. The van der Waals surface area contributed by atoms with Gasteiger partial charge in [0.1, 0.15) is 5.82 Å². The number of rotatable bonds is 4. The number of hydrogen-bond acceptors (Lipinski definition) is 3. The average Bonchev–Trinajstić information content (AvgIpc) is 3.22. The fourth-order valence-electron chi connectivity index (χ4n) is 5.14. The Kier molecular flexibility index (Phi) is 6.46. The topological polar surface area (TPSA) is 66.5 Å². The third-order valence-corrected chi connectivity index (χ3v) is 7.28. The number of nitrogens with one attached hydrogen (secondary N) is 1. The summed E-state index contributed by atoms with van der Waals surface area (Å²) in [6.07, 6.45) is 4.95. The van der Waals surface area contributed by atoms with Gasteiger partial charge in [-0.2, -0.15) is 0 Å². The predicted octanol–water partition coefficient (Wildman–Crippen LogP) is 6.14. The molecule has 7 heteroatoms. The van der Waals surface area contributed by atoms with Gasteiger partial charge in [-0.25, -0.2) is 4.39 Å². The Morgan fingerprint density at radius 1 is 0.917 bits per heavy atom. The van der Waals surface area contributed by atoms with E-state index >= 15 is 0 Å². The Morgan fingerprint density at radius 2 is 1.64 bits per heavy atom. The standard InChI is InChI=1S/C29H24ClFN2O3/c30-26(34)21-13-14-29(18-21)15-16-33(25-8-4-1-5-20(25)17-29)28(36)19-9-11-22(12-10-19)32-27(35)23-6-2-3-7-24(23)31/h1-12,18H,13-17H2,(H,32,35)/t29-/m0/s1. The highest BCUT2D eigenvalue weighted by molar-refractivity contribution is 6.67. The largest absolute Gasteiger partial charge is 0.322 e. The first kappa shape index (κ1) is 23.9. The Balaban J connectivity index is 1.36. The van der Waals surface area contributed by atoms with E-state index < -0.39 is 17.0 Å². The van der Waals surface area contributed by atoms with Gasteiger partial charge in [0.2, 0.25) is 5.24 Å². The quantitative estimate of drug-likeness (QED) is 0.435. The van der Waals surface area contributed by atoms with Crippen LogP contribution in [0.4, 0.5) is 15.8 Å². The van der Waals surface area contributed by atoms with E-state index in [4.69, 9.17) is 11.6 Å². The van der Waals surface area contributed by atoms with Crippen molar-refractivity contribution in [2.45, 2.75) is 25.7 Å². The molecule has 5 nitrogen and oxygen atoms in total. The van der Waals surface area contributed by atoms with Crippen LogP contribution in [0, 0.1) is 11.2 Å². The van der Waals surface area contributed by atoms with Crippen molar-refractivity contribution >= 4 is 40.0 Å². The lowest BCUT2D eigenvalue weighted by Gasteiger charge is -2.26. The minimum atomic E-state index is -0.598. The van der Waals surface area contributed by atoms with Gasteiger partial charge in [-0.3, -0.25) is 14.4 Å². The van der Waals surface area contributed by atoms with Crippen LogP contribution in [0.3, 0.4) is 0 Å². The number of para-hydroxylation sites is 1. The molecule has 2 amide bonds. The van der Waals surface area contributed by atoms with Crippen molar-refractivity contribution in [3.8, 4) is 0 Å². The molecule has 1 heterocycles. The number of fused-ring (bicyclic) bond motifs is 1. The molecule has 0 bridgehead atoms. The van der Waals surface area contributed by atoms with Crippen LogP contribution in [0.15, 0.2) is 84.4 Å². The van der Waals surface area contributed by atoms with Gasteiger partial charge in [0.15, 0.2) is 0 Å². The molecular weight excluding hydrogens is 479 g/mol. The maximum Gasteiger partial charge on any atom is 0.258 e. The van der Waals surface area contributed by atoms with Gasteiger partial charge in [-0.15, -0.1) is 0 Å². The molecule has 1 spiro atoms. The molecule has 182 valence electrons. The zero-order valence-electron chi connectivity index (χ0n) is 19.5. The second-order valence-electron chi connectivity index (χ2n) is 9.33. The minimum Gasteiger partial charge on any atom is -0.322 e. The first-order valence-corrected chi connectivity index (χ1v) is 12.2.